The minimum absolute atomic E-state index is 0.246. The molecule has 154 valence electrons. The highest BCUT2D eigenvalue weighted by Crippen LogP contribution is 2.18. The van der Waals surface area contributed by atoms with Crippen LogP contribution in [-0.2, 0) is 27.1 Å². The maximum atomic E-state index is 4.81. The second kappa shape index (κ2) is 8.75. The van der Waals surface area contributed by atoms with Crippen LogP contribution in [0.5, 0.6) is 0 Å². The average molecular weight is 387 g/mol. The van der Waals surface area contributed by atoms with E-state index in [1.807, 2.05) is 30.3 Å². The van der Waals surface area contributed by atoms with Crippen molar-refractivity contribution in [3.05, 3.63) is 28.6 Å². The second-order valence-corrected chi connectivity index (χ2v) is 8.04. The Balaban J connectivity index is 1.70. The zero-order valence-corrected chi connectivity index (χ0v) is 18.1. The van der Waals surface area contributed by atoms with Gasteiger partial charge in [0.05, 0.1) is 5.69 Å². The van der Waals surface area contributed by atoms with Crippen LogP contribution in [-0.4, -0.2) is 42.6 Å². The van der Waals surface area contributed by atoms with E-state index in [2.05, 4.69) is 46.7 Å². The van der Waals surface area contributed by atoms with Gasteiger partial charge in [0.2, 0.25) is 0 Å². The fraction of sp³-hybridized carbons (Fsp3) is 0.700. The molecule has 1 saturated carbocycles. The molecule has 8 heteroatoms. The van der Waals surface area contributed by atoms with Crippen molar-refractivity contribution in [2.75, 3.05) is 0 Å². The van der Waals surface area contributed by atoms with Crippen LogP contribution in [0, 0.1) is 20.8 Å². The maximum Gasteiger partial charge on any atom is 0.192 e. The standard InChI is InChI=1S/C20H34N8/c1-13(11-18-14(2)26-28(6)15(18)3)22-20(23-17-9-7-8-10-17)21-12-19-25-24-16(4)27(19)5/h13,17H,7-12H2,1-6H3,(H2,21,22,23). The molecule has 28 heavy (non-hydrogen) atoms. The lowest BCUT2D eigenvalue weighted by molar-refractivity contribution is 0.580. The summed E-state index contributed by atoms with van der Waals surface area (Å²) in [5.41, 5.74) is 3.64. The Hall–Kier alpha value is -2.38. The molecular weight excluding hydrogens is 352 g/mol. The SMILES string of the molecule is Cc1nn(C)c(C)c1CC(C)NC(=NCc1nnc(C)n1C)NC1CCCC1. The van der Waals surface area contributed by atoms with Gasteiger partial charge in [-0.05, 0) is 52.5 Å². The Morgan fingerprint density at radius 3 is 2.46 bits per heavy atom. The van der Waals surface area contributed by atoms with Crippen molar-refractivity contribution < 1.29 is 0 Å². The van der Waals surface area contributed by atoms with Crippen LogP contribution in [0.15, 0.2) is 4.99 Å². The van der Waals surface area contributed by atoms with Crippen LogP contribution < -0.4 is 10.6 Å². The maximum absolute atomic E-state index is 4.81. The third-order valence-corrected chi connectivity index (χ3v) is 5.81. The van der Waals surface area contributed by atoms with Crippen LogP contribution in [0.2, 0.25) is 0 Å². The number of hydrogen-bond donors (Lipinski definition) is 2. The van der Waals surface area contributed by atoms with Crippen molar-refractivity contribution in [1.29, 1.82) is 0 Å². The van der Waals surface area contributed by atoms with E-state index in [1.54, 1.807) is 0 Å². The largest absolute Gasteiger partial charge is 0.354 e. The molecule has 0 radical (unpaired) electrons. The van der Waals surface area contributed by atoms with Crippen molar-refractivity contribution >= 4 is 5.96 Å². The first-order valence-electron chi connectivity index (χ1n) is 10.3. The number of aliphatic imine (C=N–C) groups is 1. The topological polar surface area (TPSA) is 85.0 Å². The first-order valence-corrected chi connectivity index (χ1v) is 10.3. The Bertz CT molecular complexity index is 826. The Labute approximate surface area is 167 Å². The summed E-state index contributed by atoms with van der Waals surface area (Å²) >= 11 is 0. The highest BCUT2D eigenvalue weighted by Gasteiger charge is 2.19. The van der Waals surface area contributed by atoms with Crippen molar-refractivity contribution in [3.63, 3.8) is 0 Å². The molecule has 0 saturated heterocycles. The molecule has 0 aromatic carbocycles. The summed E-state index contributed by atoms with van der Waals surface area (Å²) in [6.45, 7) is 8.87. The van der Waals surface area contributed by atoms with Crippen molar-refractivity contribution in [3.8, 4) is 0 Å². The molecule has 1 aliphatic rings. The van der Waals surface area contributed by atoms with Gasteiger partial charge in [-0.15, -0.1) is 10.2 Å². The van der Waals surface area contributed by atoms with E-state index in [0.29, 0.717) is 12.6 Å². The van der Waals surface area contributed by atoms with Gasteiger partial charge >= 0.3 is 0 Å². The fourth-order valence-corrected chi connectivity index (χ4v) is 3.84. The molecular formula is C20H34N8. The fourth-order valence-electron chi connectivity index (χ4n) is 3.84. The number of aryl methyl sites for hydroxylation is 3. The summed E-state index contributed by atoms with van der Waals surface area (Å²) in [7, 11) is 3.98. The highest BCUT2D eigenvalue weighted by atomic mass is 15.3. The number of rotatable bonds is 6. The highest BCUT2D eigenvalue weighted by molar-refractivity contribution is 5.80. The minimum Gasteiger partial charge on any atom is -0.354 e. The molecule has 1 atom stereocenters. The zero-order chi connectivity index (χ0) is 20.3. The third kappa shape index (κ3) is 4.72. The molecule has 0 bridgehead atoms. The number of nitrogens with zero attached hydrogens (tertiary/aromatic N) is 6. The van der Waals surface area contributed by atoms with Gasteiger partial charge in [0, 0.05) is 31.9 Å². The van der Waals surface area contributed by atoms with E-state index >= 15 is 0 Å². The molecule has 1 unspecified atom stereocenters. The first kappa shape index (κ1) is 20.4. The van der Waals surface area contributed by atoms with Gasteiger partial charge in [-0.25, -0.2) is 4.99 Å². The van der Waals surface area contributed by atoms with Crippen LogP contribution >= 0.6 is 0 Å². The molecule has 1 aliphatic carbocycles. The summed E-state index contributed by atoms with van der Waals surface area (Å²) < 4.78 is 3.95. The molecule has 2 aromatic heterocycles. The Kier molecular flexibility index (Phi) is 6.36. The smallest absolute Gasteiger partial charge is 0.192 e. The predicted molar refractivity (Wildman–Crippen MR) is 111 cm³/mol. The first-order chi connectivity index (χ1) is 13.3. The van der Waals surface area contributed by atoms with Crippen LogP contribution in [0.1, 0.15) is 61.2 Å². The normalized spacial score (nSPS) is 16.6. The van der Waals surface area contributed by atoms with E-state index in [9.17, 15) is 0 Å². The number of aromatic nitrogens is 5. The van der Waals surface area contributed by atoms with Gasteiger partial charge < -0.3 is 15.2 Å². The van der Waals surface area contributed by atoms with Crippen molar-refractivity contribution in [2.24, 2.45) is 19.1 Å². The quantitative estimate of drug-likeness (QED) is 0.586. The molecule has 0 aliphatic heterocycles. The molecule has 2 N–H and O–H groups in total. The Morgan fingerprint density at radius 2 is 1.89 bits per heavy atom. The molecule has 1 fully saturated rings. The monoisotopic (exact) mass is 386 g/mol. The molecule has 2 aromatic rings. The number of hydrogen-bond acceptors (Lipinski definition) is 4. The van der Waals surface area contributed by atoms with Crippen molar-refractivity contribution in [1.82, 2.24) is 35.2 Å². The van der Waals surface area contributed by atoms with Crippen molar-refractivity contribution in [2.45, 2.75) is 78.4 Å². The van der Waals surface area contributed by atoms with E-state index in [1.165, 1.54) is 36.9 Å². The predicted octanol–water partition coefficient (Wildman–Crippen LogP) is 2.08. The van der Waals surface area contributed by atoms with Crippen LogP contribution in [0.3, 0.4) is 0 Å². The second-order valence-electron chi connectivity index (χ2n) is 8.04. The minimum atomic E-state index is 0.246. The Morgan fingerprint density at radius 1 is 1.18 bits per heavy atom. The zero-order valence-electron chi connectivity index (χ0n) is 18.1. The average Bonchev–Trinajstić information content (AvgIpc) is 3.33. The van der Waals surface area contributed by atoms with Crippen LogP contribution in [0.25, 0.3) is 0 Å². The van der Waals surface area contributed by atoms with E-state index in [4.69, 9.17) is 4.99 Å². The molecule has 0 amide bonds. The summed E-state index contributed by atoms with van der Waals surface area (Å²) in [5, 5.41) is 20.1. The summed E-state index contributed by atoms with van der Waals surface area (Å²) in [5.74, 6) is 2.63. The molecule has 0 spiro atoms. The third-order valence-electron chi connectivity index (χ3n) is 5.81. The van der Waals surface area contributed by atoms with Gasteiger partial charge in [-0.1, -0.05) is 12.8 Å². The van der Waals surface area contributed by atoms with Crippen LogP contribution in [0.4, 0.5) is 0 Å². The van der Waals surface area contributed by atoms with Gasteiger partial charge in [-0.2, -0.15) is 5.10 Å². The molecule has 8 nitrogen and oxygen atoms in total. The van der Waals surface area contributed by atoms with Gasteiger partial charge in [0.1, 0.15) is 12.4 Å². The summed E-state index contributed by atoms with van der Waals surface area (Å²) in [6, 6.07) is 0.747. The lowest BCUT2D eigenvalue weighted by atomic mass is 10.1. The summed E-state index contributed by atoms with van der Waals surface area (Å²) in [6.07, 6.45) is 5.91. The lowest BCUT2D eigenvalue weighted by Gasteiger charge is -2.21. The van der Waals surface area contributed by atoms with E-state index in [-0.39, 0.29) is 6.04 Å². The van der Waals surface area contributed by atoms with E-state index in [0.717, 1.165) is 29.7 Å². The summed E-state index contributed by atoms with van der Waals surface area (Å²) in [4.78, 5) is 4.81. The molecule has 2 heterocycles. The van der Waals surface area contributed by atoms with Gasteiger partial charge in [-0.3, -0.25) is 4.68 Å². The number of nitrogens with one attached hydrogen (secondary N) is 2. The van der Waals surface area contributed by atoms with Gasteiger partial charge in [0.25, 0.3) is 0 Å². The van der Waals surface area contributed by atoms with Gasteiger partial charge in [0.15, 0.2) is 11.8 Å². The van der Waals surface area contributed by atoms with E-state index < -0.39 is 0 Å². The lowest BCUT2D eigenvalue weighted by Crippen LogP contribution is -2.46. The number of guanidine groups is 1. The molecule has 3 rings (SSSR count).